The van der Waals surface area contributed by atoms with E-state index in [1.165, 1.54) is 57.8 Å². The number of hydrogen-bond acceptors (Lipinski definition) is 6. The van der Waals surface area contributed by atoms with Crippen molar-refractivity contribution in [2.45, 2.75) is 103 Å². The van der Waals surface area contributed by atoms with Crippen LogP contribution in [0.4, 0.5) is 0 Å². The largest absolute Gasteiger partial charge is 0.481 e. The zero-order chi connectivity index (χ0) is 27.9. The van der Waals surface area contributed by atoms with Gasteiger partial charge in [-0.15, -0.1) is 0 Å². The summed E-state index contributed by atoms with van der Waals surface area (Å²) in [4.78, 5) is 33.4. The molecule has 0 aliphatic carbocycles. The predicted molar refractivity (Wildman–Crippen MR) is 159 cm³/mol. The third-order valence-corrected chi connectivity index (χ3v) is 6.74. The lowest BCUT2D eigenvalue weighted by molar-refractivity contribution is -0.137. The molecule has 3 N–H and O–H groups in total. The van der Waals surface area contributed by atoms with Crippen LogP contribution in [0.5, 0.6) is 0 Å². The standard InChI is InChI=1S/C28H53IN2O7/c29-25-27(33)31-18-20-37-22-24-38-23-21-36-19-17-30-26(32)15-13-11-9-7-5-3-1-2-4-6-8-10-12-14-16-28(34)35/h1-25H2,(H,30,32)(H,31,33)(H,34,35). The molecule has 0 aliphatic rings. The molecular formula is C28H53IN2O7. The van der Waals surface area contributed by atoms with Crippen LogP contribution >= 0.6 is 22.6 Å². The van der Waals surface area contributed by atoms with Gasteiger partial charge in [-0.1, -0.05) is 99.6 Å². The molecule has 0 radical (unpaired) electrons. The van der Waals surface area contributed by atoms with E-state index in [4.69, 9.17) is 19.3 Å². The van der Waals surface area contributed by atoms with Gasteiger partial charge >= 0.3 is 5.97 Å². The predicted octanol–water partition coefficient (Wildman–Crippen LogP) is 5.03. The quantitative estimate of drug-likeness (QED) is 0.0563. The highest BCUT2D eigenvalue weighted by Gasteiger charge is 2.01. The van der Waals surface area contributed by atoms with Crippen molar-refractivity contribution in [3.63, 3.8) is 0 Å². The van der Waals surface area contributed by atoms with E-state index < -0.39 is 5.97 Å². The summed E-state index contributed by atoms with van der Waals surface area (Å²) in [5, 5.41) is 14.2. The lowest BCUT2D eigenvalue weighted by atomic mass is 10.0. The van der Waals surface area contributed by atoms with Crippen molar-refractivity contribution in [3.05, 3.63) is 0 Å². The summed E-state index contributed by atoms with van der Waals surface area (Å²) in [7, 11) is 0. The first-order valence-electron chi connectivity index (χ1n) is 14.6. The van der Waals surface area contributed by atoms with E-state index in [0.717, 1.165) is 32.1 Å². The monoisotopic (exact) mass is 656 g/mol. The molecule has 0 saturated heterocycles. The average Bonchev–Trinajstić information content (AvgIpc) is 2.90. The van der Waals surface area contributed by atoms with Crippen LogP contribution in [0, 0.1) is 0 Å². The molecular weight excluding hydrogens is 603 g/mol. The van der Waals surface area contributed by atoms with E-state index >= 15 is 0 Å². The van der Waals surface area contributed by atoms with Gasteiger partial charge in [-0.25, -0.2) is 0 Å². The molecule has 0 saturated carbocycles. The first-order chi connectivity index (χ1) is 18.6. The van der Waals surface area contributed by atoms with Crippen molar-refractivity contribution in [3.8, 4) is 0 Å². The number of ether oxygens (including phenoxy) is 3. The molecule has 0 aromatic heterocycles. The number of carbonyl (C=O) groups is 3. The van der Waals surface area contributed by atoms with E-state index in [2.05, 4.69) is 10.6 Å². The highest BCUT2D eigenvalue weighted by atomic mass is 127. The Morgan fingerprint density at radius 3 is 1.24 bits per heavy atom. The van der Waals surface area contributed by atoms with Gasteiger partial charge in [-0.05, 0) is 12.8 Å². The first kappa shape index (κ1) is 37.0. The topological polar surface area (TPSA) is 123 Å². The Hall–Kier alpha value is -0.980. The Kier molecular flexibility index (Phi) is 29.8. The number of amides is 2. The number of halogens is 1. The normalized spacial score (nSPS) is 11.0. The Bertz CT molecular complexity index is 567. The Labute approximate surface area is 244 Å². The SMILES string of the molecule is O=C(O)CCCCCCCCCCCCCCCCC(=O)NCCOCCOCCOCCNC(=O)CI. The average molecular weight is 657 g/mol. The molecule has 0 unspecified atom stereocenters. The second kappa shape index (κ2) is 30.6. The van der Waals surface area contributed by atoms with Crippen LogP contribution in [-0.2, 0) is 28.6 Å². The van der Waals surface area contributed by atoms with Crippen molar-refractivity contribution in [2.24, 2.45) is 0 Å². The van der Waals surface area contributed by atoms with Gasteiger partial charge < -0.3 is 30.0 Å². The molecule has 38 heavy (non-hydrogen) atoms. The lowest BCUT2D eigenvalue weighted by Gasteiger charge is -2.08. The van der Waals surface area contributed by atoms with Gasteiger partial charge in [0, 0.05) is 25.9 Å². The molecule has 2 amide bonds. The lowest BCUT2D eigenvalue weighted by Crippen LogP contribution is -2.28. The highest BCUT2D eigenvalue weighted by Crippen LogP contribution is 2.13. The maximum absolute atomic E-state index is 11.9. The van der Waals surface area contributed by atoms with Gasteiger partial charge in [0.1, 0.15) is 0 Å². The molecule has 0 fully saturated rings. The van der Waals surface area contributed by atoms with Crippen molar-refractivity contribution in [1.29, 1.82) is 0 Å². The summed E-state index contributed by atoms with van der Waals surface area (Å²) in [6, 6.07) is 0. The molecule has 10 heteroatoms. The first-order valence-corrected chi connectivity index (χ1v) is 16.1. The molecule has 0 aromatic carbocycles. The fourth-order valence-corrected chi connectivity index (χ4v) is 4.16. The van der Waals surface area contributed by atoms with Gasteiger partial charge in [0.25, 0.3) is 0 Å². The van der Waals surface area contributed by atoms with E-state index in [0.29, 0.717) is 70.0 Å². The summed E-state index contributed by atoms with van der Waals surface area (Å²) in [5.74, 6) is -0.573. The van der Waals surface area contributed by atoms with Gasteiger partial charge in [-0.3, -0.25) is 14.4 Å². The third kappa shape index (κ3) is 31.2. The number of carboxylic acid groups (broad SMARTS) is 1. The Morgan fingerprint density at radius 1 is 0.500 bits per heavy atom. The molecule has 0 aliphatic heterocycles. The minimum Gasteiger partial charge on any atom is -0.481 e. The zero-order valence-corrected chi connectivity index (χ0v) is 25.6. The van der Waals surface area contributed by atoms with E-state index in [1.807, 2.05) is 22.6 Å². The maximum atomic E-state index is 11.9. The number of hydrogen-bond donors (Lipinski definition) is 3. The van der Waals surface area contributed by atoms with Crippen LogP contribution < -0.4 is 10.6 Å². The Balaban J connectivity index is 3.18. The molecule has 0 bridgehead atoms. The third-order valence-electron chi connectivity index (χ3n) is 6.05. The fraction of sp³-hybridized carbons (Fsp3) is 0.893. The van der Waals surface area contributed by atoms with E-state index in [9.17, 15) is 14.4 Å². The highest BCUT2D eigenvalue weighted by molar-refractivity contribution is 14.1. The summed E-state index contributed by atoms with van der Waals surface area (Å²) >= 11 is 2.02. The summed E-state index contributed by atoms with van der Waals surface area (Å²) in [6.45, 7) is 3.94. The van der Waals surface area contributed by atoms with Crippen LogP contribution in [0.2, 0.25) is 0 Å². The zero-order valence-electron chi connectivity index (χ0n) is 23.5. The van der Waals surface area contributed by atoms with E-state index in [1.54, 1.807) is 0 Å². The summed E-state index contributed by atoms with van der Waals surface area (Å²) in [5.41, 5.74) is 0. The van der Waals surface area contributed by atoms with Crippen LogP contribution in [-0.4, -0.2) is 80.0 Å². The number of carboxylic acids is 1. The van der Waals surface area contributed by atoms with Crippen molar-refractivity contribution in [1.82, 2.24) is 10.6 Å². The van der Waals surface area contributed by atoms with Crippen LogP contribution in [0.3, 0.4) is 0 Å². The fourth-order valence-electron chi connectivity index (χ4n) is 3.89. The molecule has 0 atom stereocenters. The number of carbonyl (C=O) groups excluding carboxylic acids is 2. The molecule has 0 spiro atoms. The molecule has 0 aromatic rings. The number of nitrogens with one attached hydrogen (secondary N) is 2. The van der Waals surface area contributed by atoms with Gasteiger partial charge in [0.15, 0.2) is 0 Å². The van der Waals surface area contributed by atoms with Gasteiger partial charge in [-0.2, -0.15) is 0 Å². The van der Waals surface area contributed by atoms with Gasteiger partial charge in [0.05, 0.1) is 44.1 Å². The van der Waals surface area contributed by atoms with E-state index in [-0.39, 0.29) is 11.8 Å². The number of aliphatic carboxylic acids is 1. The van der Waals surface area contributed by atoms with Crippen molar-refractivity contribution < 1.29 is 33.7 Å². The number of rotatable bonds is 30. The summed E-state index contributed by atoms with van der Waals surface area (Å²) < 4.78 is 16.7. The molecule has 0 rings (SSSR count). The Morgan fingerprint density at radius 2 is 0.842 bits per heavy atom. The van der Waals surface area contributed by atoms with Crippen molar-refractivity contribution >= 4 is 40.4 Å². The van der Waals surface area contributed by atoms with Crippen LogP contribution in [0.25, 0.3) is 0 Å². The second-order valence-corrected chi connectivity index (χ2v) is 10.3. The smallest absolute Gasteiger partial charge is 0.303 e. The van der Waals surface area contributed by atoms with Crippen LogP contribution in [0.15, 0.2) is 0 Å². The van der Waals surface area contributed by atoms with Crippen LogP contribution in [0.1, 0.15) is 103 Å². The minimum absolute atomic E-state index is 0.0135. The maximum Gasteiger partial charge on any atom is 0.303 e. The number of unbranched alkanes of at least 4 members (excludes halogenated alkanes) is 13. The molecule has 9 nitrogen and oxygen atoms in total. The second-order valence-electron chi connectivity index (χ2n) is 9.51. The molecule has 0 heterocycles. The minimum atomic E-state index is -0.682. The van der Waals surface area contributed by atoms with Gasteiger partial charge in [0.2, 0.25) is 11.8 Å². The molecule has 224 valence electrons. The van der Waals surface area contributed by atoms with Crippen molar-refractivity contribution in [2.75, 3.05) is 57.2 Å². The summed E-state index contributed by atoms with van der Waals surface area (Å²) in [6.07, 6.45) is 17.4. The number of alkyl halides is 1.